The lowest BCUT2D eigenvalue weighted by atomic mass is 9.92. The Hall–Kier alpha value is -2.50. The largest absolute Gasteiger partial charge is 0.477 e. The fraction of sp³-hybridized carbons (Fsp3) is 0.200. The van der Waals surface area contributed by atoms with Gasteiger partial charge >= 0.3 is 5.97 Å². The maximum atomic E-state index is 13.4. The maximum Gasteiger partial charge on any atom is 0.341 e. The Morgan fingerprint density at radius 1 is 1.29 bits per heavy atom. The molecule has 0 radical (unpaired) electrons. The summed E-state index contributed by atoms with van der Waals surface area (Å²) in [6.07, 6.45) is 1.69. The van der Waals surface area contributed by atoms with E-state index in [1.165, 1.54) is 6.20 Å². The van der Waals surface area contributed by atoms with Gasteiger partial charge in [-0.3, -0.25) is 4.79 Å². The molecule has 1 unspecified atom stereocenters. The van der Waals surface area contributed by atoms with Crippen LogP contribution >= 0.6 is 0 Å². The Kier molecular flexibility index (Phi) is 2.90. The van der Waals surface area contributed by atoms with E-state index in [1.807, 2.05) is 6.92 Å². The van der Waals surface area contributed by atoms with Crippen molar-refractivity contribution in [2.45, 2.75) is 19.4 Å². The Labute approximate surface area is 118 Å². The monoisotopic (exact) mass is 291 g/mol. The van der Waals surface area contributed by atoms with Gasteiger partial charge in [0.05, 0.1) is 5.69 Å². The molecule has 1 aliphatic heterocycles. The van der Waals surface area contributed by atoms with E-state index in [1.54, 1.807) is 4.57 Å². The molecule has 2 heterocycles. The molecule has 0 saturated heterocycles. The lowest BCUT2D eigenvalue weighted by molar-refractivity contribution is 0.0694. The molecule has 4 nitrogen and oxygen atoms in total. The van der Waals surface area contributed by atoms with E-state index in [9.17, 15) is 18.4 Å². The average molecular weight is 291 g/mol. The first kappa shape index (κ1) is 13.5. The predicted molar refractivity (Wildman–Crippen MR) is 71.4 cm³/mol. The molecular formula is C15H11F2NO3. The molecule has 0 saturated carbocycles. The number of carbonyl (C=O) groups is 1. The number of fused-ring (bicyclic) bond motifs is 3. The Morgan fingerprint density at radius 3 is 2.62 bits per heavy atom. The number of carboxylic acid groups (broad SMARTS) is 1. The second-order valence-electron chi connectivity index (χ2n) is 5.13. The Balaban J connectivity index is 2.32. The molecule has 1 N–H and O–H groups in total. The highest BCUT2D eigenvalue weighted by molar-refractivity contribution is 5.87. The minimum atomic E-state index is -1.31. The molecule has 0 aliphatic carbocycles. The van der Waals surface area contributed by atoms with Crippen LogP contribution in [0.2, 0.25) is 0 Å². The Morgan fingerprint density at radius 2 is 1.95 bits per heavy atom. The molecule has 108 valence electrons. The van der Waals surface area contributed by atoms with Gasteiger partial charge in [-0.2, -0.15) is 0 Å². The number of rotatable bonds is 1. The van der Waals surface area contributed by atoms with Crippen molar-refractivity contribution in [1.82, 2.24) is 4.57 Å². The highest BCUT2D eigenvalue weighted by atomic mass is 19.2. The lowest BCUT2D eigenvalue weighted by Gasteiger charge is -2.28. The van der Waals surface area contributed by atoms with Crippen LogP contribution in [0.3, 0.4) is 0 Å². The van der Waals surface area contributed by atoms with E-state index in [0.717, 1.165) is 18.2 Å². The lowest BCUT2D eigenvalue weighted by Crippen LogP contribution is -2.24. The molecule has 0 spiro atoms. The van der Waals surface area contributed by atoms with Crippen molar-refractivity contribution in [3.05, 3.63) is 57.4 Å². The highest BCUT2D eigenvalue weighted by Crippen LogP contribution is 2.35. The van der Waals surface area contributed by atoms with Gasteiger partial charge in [0.1, 0.15) is 5.56 Å². The summed E-state index contributed by atoms with van der Waals surface area (Å²) < 4.78 is 28.4. The molecule has 3 rings (SSSR count). The third-order valence-corrected chi connectivity index (χ3v) is 3.72. The van der Waals surface area contributed by atoms with E-state index in [2.05, 4.69) is 0 Å². The van der Waals surface area contributed by atoms with Crippen LogP contribution in [-0.2, 0) is 6.42 Å². The highest BCUT2D eigenvalue weighted by Gasteiger charge is 2.25. The summed E-state index contributed by atoms with van der Waals surface area (Å²) in [5, 5.41) is 9.01. The first-order valence-electron chi connectivity index (χ1n) is 6.36. The summed E-state index contributed by atoms with van der Waals surface area (Å²) in [6.45, 7) is 1.82. The van der Waals surface area contributed by atoms with Crippen LogP contribution in [0.15, 0.2) is 29.2 Å². The smallest absolute Gasteiger partial charge is 0.341 e. The van der Waals surface area contributed by atoms with Gasteiger partial charge in [0.15, 0.2) is 17.1 Å². The first-order valence-corrected chi connectivity index (χ1v) is 6.36. The number of aromatic nitrogens is 1. The summed E-state index contributed by atoms with van der Waals surface area (Å²) >= 11 is 0. The zero-order valence-corrected chi connectivity index (χ0v) is 11.1. The number of halogens is 2. The molecule has 0 bridgehead atoms. The van der Waals surface area contributed by atoms with Crippen molar-refractivity contribution in [2.24, 2.45) is 0 Å². The van der Waals surface area contributed by atoms with Crippen molar-refractivity contribution in [3.8, 4) is 11.3 Å². The molecule has 2 aromatic rings. The standard InChI is InChI=1S/C15H11F2NO3/c1-7-2-8-3-11(16)12(17)4-9(8)13-5-14(19)10(15(20)21)6-18(7)13/h3-7H,2H2,1H3,(H,20,21). The summed E-state index contributed by atoms with van der Waals surface area (Å²) in [5.74, 6) is -3.23. The summed E-state index contributed by atoms with van der Waals surface area (Å²) in [5.41, 5.74) is 0.428. The van der Waals surface area contributed by atoms with Crippen LogP contribution in [0.5, 0.6) is 0 Å². The number of pyridine rings is 1. The van der Waals surface area contributed by atoms with Crippen LogP contribution in [0.25, 0.3) is 11.3 Å². The number of aromatic carboxylic acids is 1. The van der Waals surface area contributed by atoms with Crippen molar-refractivity contribution < 1.29 is 18.7 Å². The normalized spacial score (nSPS) is 16.2. The van der Waals surface area contributed by atoms with Crippen LogP contribution in [0.1, 0.15) is 28.9 Å². The number of hydrogen-bond acceptors (Lipinski definition) is 2. The van der Waals surface area contributed by atoms with E-state index in [0.29, 0.717) is 23.2 Å². The molecule has 0 fully saturated rings. The molecule has 21 heavy (non-hydrogen) atoms. The first-order chi connectivity index (χ1) is 9.88. The molecule has 1 aromatic heterocycles. The van der Waals surface area contributed by atoms with Crippen LogP contribution < -0.4 is 5.43 Å². The fourth-order valence-electron chi connectivity index (χ4n) is 2.70. The zero-order valence-electron chi connectivity index (χ0n) is 11.1. The fourth-order valence-corrected chi connectivity index (χ4v) is 2.70. The predicted octanol–water partition coefficient (Wildman–Crippen LogP) is 2.61. The number of nitrogens with zero attached hydrogens (tertiary/aromatic N) is 1. The van der Waals surface area contributed by atoms with Gasteiger partial charge in [-0.25, -0.2) is 13.6 Å². The third-order valence-electron chi connectivity index (χ3n) is 3.72. The van der Waals surface area contributed by atoms with Gasteiger partial charge in [-0.05, 0) is 31.0 Å². The summed E-state index contributed by atoms with van der Waals surface area (Å²) in [7, 11) is 0. The molecule has 0 amide bonds. The summed E-state index contributed by atoms with van der Waals surface area (Å²) in [6, 6.07) is 3.17. The van der Waals surface area contributed by atoms with Crippen molar-refractivity contribution in [2.75, 3.05) is 0 Å². The minimum Gasteiger partial charge on any atom is -0.477 e. The molecular weight excluding hydrogens is 280 g/mol. The number of carboxylic acids is 1. The molecule has 1 aromatic carbocycles. The molecule has 1 atom stereocenters. The number of hydrogen-bond donors (Lipinski definition) is 1. The maximum absolute atomic E-state index is 13.4. The van der Waals surface area contributed by atoms with E-state index in [-0.39, 0.29) is 11.6 Å². The van der Waals surface area contributed by atoms with Gasteiger partial charge in [-0.1, -0.05) is 0 Å². The average Bonchev–Trinajstić information content (AvgIpc) is 2.40. The van der Waals surface area contributed by atoms with Crippen LogP contribution in [0.4, 0.5) is 8.78 Å². The van der Waals surface area contributed by atoms with Gasteiger partial charge in [-0.15, -0.1) is 0 Å². The molecule has 1 aliphatic rings. The van der Waals surface area contributed by atoms with E-state index < -0.39 is 23.0 Å². The minimum absolute atomic E-state index is 0.156. The van der Waals surface area contributed by atoms with E-state index in [4.69, 9.17) is 5.11 Å². The second-order valence-corrected chi connectivity index (χ2v) is 5.13. The van der Waals surface area contributed by atoms with Crippen molar-refractivity contribution >= 4 is 5.97 Å². The van der Waals surface area contributed by atoms with Gasteiger partial charge in [0.2, 0.25) is 0 Å². The topological polar surface area (TPSA) is 59.3 Å². The van der Waals surface area contributed by atoms with E-state index >= 15 is 0 Å². The SMILES string of the molecule is CC1Cc2cc(F)c(F)cc2-c2cc(=O)c(C(=O)O)cn21. The van der Waals surface area contributed by atoms with Crippen molar-refractivity contribution in [1.29, 1.82) is 0 Å². The van der Waals surface area contributed by atoms with Crippen molar-refractivity contribution in [3.63, 3.8) is 0 Å². The van der Waals surface area contributed by atoms with Gasteiger partial charge in [0.25, 0.3) is 0 Å². The van der Waals surface area contributed by atoms with Gasteiger partial charge < -0.3 is 9.67 Å². The zero-order chi connectivity index (χ0) is 15.3. The molecule has 6 heteroatoms. The van der Waals surface area contributed by atoms with Crippen LogP contribution in [-0.4, -0.2) is 15.6 Å². The summed E-state index contributed by atoms with van der Waals surface area (Å²) in [4.78, 5) is 22.9. The quantitative estimate of drug-likeness (QED) is 0.878. The van der Waals surface area contributed by atoms with Crippen LogP contribution in [0, 0.1) is 11.6 Å². The van der Waals surface area contributed by atoms with Gasteiger partial charge in [0, 0.05) is 23.9 Å². The second kappa shape index (κ2) is 4.51. The Bertz CT molecular complexity index is 826. The number of benzene rings is 1. The third kappa shape index (κ3) is 2.03.